The van der Waals surface area contributed by atoms with E-state index in [1.165, 1.54) is 0 Å². The van der Waals surface area contributed by atoms with Crippen molar-refractivity contribution < 1.29 is 5.11 Å². The summed E-state index contributed by atoms with van der Waals surface area (Å²) in [6.07, 6.45) is 3.06. The van der Waals surface area contributed by atoms with E-state index in [2.05, 4.69) is 25.8 Å². The van der Waals surface area contributed by atoms with Gasteiger partial charge in [0.2, 0.25) is 0 Å². The molecule has 1 atom stereocenters. The molecule has 108 valence electrons. The zero-order valence-electron chi connectivity index (χ0n) is 12.5. The van der Waals surface area contributed by atoms with Gasteiger partial charge in [0.25, 0.3) is 0 Å². The van der Waals surface area contributed by atoms with Gasteiger partial charge in [-0.05, 0) is 31.9 Å². The molecule has 3 N–H and O–H groups in total. The third-order valence-electron chi connectivity index (χ3n) is 4.11. The molecule has 1 rings (SSSR count). The van der Waals surface area contributed by atoms with Crippen molar-refractivity contribution >= 4 is 0 Å². The van der Waals surface area contributed by atoms with Gasteiger partial charge in [0, 0.05) is 12.6 Å². The van der Waals surface area contributed by atoms with Gasteiger partial charge in [-0.1, -0.05) is 44.2 Å². The number of aliphatic hydroxyl groups excluding tert-OH is 1. The minimum Gasteiger partial charge on any atom is -0.394 e. The Morgan fingerprint density at radius 1 is 1.21 bits per heavy atom. The van der Waals surface area contributed by atoms with E-state index in [9.17, 15) is 5.11 Å². The summed E-state index contributed by atoms with van der Waals surface area (Å²) in [5.74, 6) is 0. The van der Waals surface area contributed by atoms with Crippen LogP contribution in [0.3, 0.4) is 0 Å². The first-order valence-electron chi connectivity index (χ1n) is 7.23. The second kappa shape index (κ2) is 7.63. The quantitative estimate of drug-likeness (QED) is 0.758. The van der Waals surface area contributed by atoms with Gasteiger partial charge in [0.15, 0.2) is 0 Å². The average Bonchev–Trinajstić information content (AvgIpc) is 2.47. The number of rotatable bonds is 8. The molecule has 0 bridgehead atoms. The summed E-state index contributed by atoms with van der Waals surface area (Å²) in [4.78, 5) is 2.35. The Kier molecular flexibility index (Phi) is 6.49. The minimum atomic E-state index is -0.637. The van der Waals surface area contributed by atoms with Crippen molar-refractivity contribution in [1.29, 1.82) is 0 Å². The Morgan fingerprint density at radius 2 is 1.79 bits per heavy atom. The fourth-order valence-corrected chi connectivity index (χ4v) is 2.56. The number of hydrogen-bond acceptors (Lipinski definition) is 3. The normalized spacial score (nSPS) is 14.9. The van der Waals surface area contributed by atoms with Crippen LogP contribution in [0.2, 0.25) is 0 Å². The Balaban J connectivity index is 2.67. The fraction of sp³-hybridized carbons (Fsp3) is 0.625. The number of nitrogens with zero attached hydrogens (tertiary/aromatic N) is 1. The van der Waals surface area contributed by atoms with Crippen LogP contribution in [0, 0.1) is 0 Å². The van der Waals surface area contributed by atoms with E-state index >= 15 is 0 Å². The van der Waals surface area contributed by atoms with Gasteiger partial charge in [-0.3, -0.25) is 0 Å². The van der Waals surface area contributed by atoms with Crippen molar-refractivity contribution in [2.24, 2.45) is 5.73 Å². The maximum absolute atomic E-state index is 9.66. The highest BCUT2D eigenvalue weighted by molar-refractivity contribution is 5.24. The Hall–Kier alpha value is -0.900. The van der Waals surface area contributed by atoms with Crippen molar-refractivity contribution in [2.45, 2.75) is 44.7 Å². The molecule has 0 saturated heterocycles. The van der Waals surface area contributed by atoms with Crippen LogP contribution in [0.25, 0.3) is 0 Å². The maximum Gasteiger partial charge on any atom is 0.0656 e. The molecule has 0 spiro atoms. The lowest BCUT2D eigenvalue weighted by Crippen LogP contribution is -2.44. The Morgan fingerprint density at radius 3 is 2.26 bits per heavy atom. The summed E-state index contributed by atoms with van der Waals surface area (Å²) in [6, 6.07) is 10.5. The van der Waals surface area contributed by atoms with Gasteiger partial charge in [0.1, 0.15) is 0 Å². The fourth-order valence-electron chi connectivity index (χ4n) is 2.56. The summed E-state index contributed by atoms with van der Waals surface area (Å²) in [6.45, 7) is 5.30. The van der Waals surface area contributed by atoms with E-state index in [0.717, 1.165) is 31.4 Å². The first-order chi connectivity index (χ1) is 9.07. The van der Waals surface area contributed by atoms with E-state index < -0.39 is 5.54 Å². The summed E-state index contributed by atoms with van der Waals surface area (Å²) in [5, 5.41) is 9.66. The van der Waals surface area contributed by atoms with Gasteiger partial charge in [-0.25, -0.2) is 0 Å². The second-order valence-electron chi connectivity index (χ2n) is 5.38. The average molecular weight is 264 g/mol. The predicted octanol–water partition coefficient (Wildman–Crippen LogP) is 2.34. The highest BCUT2D eigenvalue weighted by Gasteiger charge is 2.27. The van der Waals surface area contributed by atoms with Crippen LogP contribution < -0.4 is 5.73 Å². The van der Waals surface area contributed by atoms with Crippen molar-refractivity contribution in [3.63, 3.8) is 0 Å². The lowest BCUT2D eigenvalue weighted by molar-refractivity contribution is 0.153. The zero-order valence-corrected chi connectivity index (χ0v) is 12.5. The number of benzene rings is 1. The summed E-state index contributed by atoms with van der Waals surface area (Å²) in [7, 11) is 2.14. The SMILES string of the molecule is CCC(CC)N(C)CCC(N)(CO)c1ccccc1. The first-order valence-corrected chi connectivity index (χ1v) is 7.23. The molecule has 3 nitrogen and oxygen atoms in total. The standard InChI is InChI=1S/C16H28N2O/c1-4-15(5-2)18(3)12-11-16(17,13-19)14-9-7-6-8-10-14/h6-10,15,19H,4-5,11-13,17H2,1-3H3. The van der Waals surface area contributed by atoms with Crippen molar-refractivity contribution in [3.8, 4) is 0 Å². The molecule has 3 heteroatoms. The monoisotopic (exact) mass is 264 g/mol. The second-order valence-corrected chi connectivity index (χ2v) is 5.38. The highest BCUT2D eigenvalue weighted by Crippen LogP contribution is 2.22. The minimum absolute atomic E-state index is 0.0201. The summed E-state index contributed by atoms with van der Waals surface area (Å²) < 4.78 is 0. The summed E-state index contributed by atoms with van der Waals surface area (Å²) in [5.41, 5.74) is 6.75. The molecule has 1 aromatic carbocycles. The van der Waals surface area contributed by atoms with Gasteiger partial charge >= 0.3 is 0 Å². The molecule has 1 aromatic rings. The molecule has 1 unspecified atom stereocenters. The number of hydrogen-bond donors (Lipinski definition) is 2. The molecule has 0 heterocycles. The Bertz CT molecular complexity index is 351. The van der Waals surface area contributed by atoms with E-state index in [0.29, 0.717) is 6.04 Å². The van der Waals surface area contributed by atoms with E-state index in [4.69, 9.17) is 5.73 Å². The zero-order chi connectivity index (χ0) is 14.3. The van der Waals surface area contributed by atoms with Crippen LogP contribution in [-0.2, 0) is 5.54 Å². The smallest absolute Gasteiger partial charge is 0.0656 e. The topological polar surface area (TPSA) is 49.5 Å². The third-order valence-corrected chi connectivity index (χ3v) is 4.11. The van der Waals surface area contributed by atoms with Crippen LogP contribution in [0.5, 0.6) is 0 Å². The van der Waals surface area contributed by atoms with Crippen molar-refractivity contribution in [2.75, 3.05) is 20.2 Å². The van der Waals surface area contributed by atoms with Gasteiger partial charge in [-0.15, -0.1) is 0 Å². The van der Waals surface area contributed by atoms with Crippen LogP contribution in [0.1, 0.15) is 38.7 Å². The predicted molar refractivity (Wildman–Crippen MR) is 81.0 cm³/mol. The maximum atomic E-state index is 9.66. The molecule has 0 radical (unpaired) electrons. The molecule has 19 heavy (non-hydrogen) atoms. The molecule has 0 saturated carbocycles. The van der Waals surface area contributed by atoms with E-state index in [1.54, 1.807) is 0 Å². The molecular formula is C16H28N2O. The molecule has 0 amide bonds. The van der Waals surface area contributed by atoms with Gasteiger partial charge < -0.3 is 15.7 Å². The third kappa shape index (κ3) is 4.30. The number of nitrogens with two attached hydrogens (primary N) is 1. The number of aliphatic hydroxyl groups is 1. The summed E-state index contributed by atoms with van der Waals surface area (Å²) >= 11 is 0. The molecule has 0 fully saturated rings. The molecule has 0 aliphatic carbocycles. The first kappa shape index (κ1) is 16.2. The molecule has 0 aromatic heterocycles. The van der Waals surface area contributed by atoms with Crippen molar-refractivity contribution in [3.05, 3.63) is 35.9 Å². The lowest BCUT2D eigenvalue weighted by Gasteiger charge is -2.33. The van der Waals surface area contributed by atoms with Gasteiger partial charge in [-0.2, -0.15) is 0 Å². The van der Waals surface area contributed by atoms with E-state index in [1.807, 2.05) is 30.3 Å². The lowest BCUT2D eigenvalue weighted by atomic mass is 9.88. The van der Waals surface area contributed by atoms with Gasteiger partial charge in [0.05, 0.1) is 12.1 Å². The van der Waals surface area contributed by atoms with Crippen LogP contribution in [0.4, 0.5) is 0 Å². The Labute approximate surface area is 117 Å². The molecule has 0 aliphatic heterocycles. The largest absolute Gasteiger partial charge is 0.394 e. The van der Waals surface area contributed by atoms with E-state index in [-0.39, 0.29) is 6.61 Å². The molecular weight excluding hydrogens is 236 g/mol. The van der Waals surface area contributed by atoms with Crippen molar-refractivity contribution in [1.82, 2.24) is 4.90 Å². The van der Waals surface area contributed by atoms with Crippen LogP contribution in [0.15, 0.2) is 30.3 Å². The highest BCUT2D eigenvalue weighted by atomic mass is 16.3. The van der Waals surface area contributed by atoms with Crippen LogP contribution in [-0.4, -0.2) is 36.2 Å². The van der Waals surface area contributed by atoms with Crippen LogP contribution >= 0.6 is 0 Å². The molecule has 0 aliphatic rings.